The topological polar surface area (TPSA) is 278 Å². The molecule has 7 amide bonds. The number of hydrogen-bond donors (Lipinski definition) is 7. The first-order valence-electron chi connectivity index (χ1n) is 28.2. The van der Waals surface area contributed by atoms with E-state index in [-0.39, 0.29) is 73.7 Å². The minimum atomic E-state index is -1.53. The Kier molecular flexibility index (Phi) is 22.7. The molecule has 21 nitrogen and oxygen atoms in total. The van der Waals surface area contributed by atoms with Crippen LogP contribution in [0.15, 0.2) is 84.9 Å². The number of carbonyl (C=O) groups is 8. The molecule has 0 aromatic heterocycles. The van der Waals surface area contributed by atoms with E-state index in [0.29, 0.717) is 29.5 Å². The van der Waals surface area contributed by atoms with E-state index in [0.717, 1.165) is 11.1 Å². The summed E-state index contributed by atoms with van der Waals surface area (Å²) in [6.07, 6.45) is -1.43. The van der Waals surface area contributed by atoms with E-state index >= 15 is 4.79 Å². The van der Waals surface area contributed by atoms with Gasteiger partial charge in [-0.05, 0) is 158 Å². The number of carboxylic acid groups (broad SMARTS) is 1. The third-order valence-electron chi connectivity index (χ3n) is 12.9. The van der Waals surface area contributed by atoms with Gasteiger partial charge in [0.1, 0.15) is 65.7 Å². The maximum absolute atomic E-state index is 15.3. The summed E-state index contributed by atoms with van der Waals surface area (Å²) < 4.78 is 28.8. The van der Waals surface area contributed by atoms with Crippen molar-refractivity contribution in [1.29, 1.82) is 0 Å². The van der Waals surface area contributed by atoms with Crippen LogP contribution in [0.2, 0.25) is 0 Å². The molecule has 5 rings (SSSR count). The first-order chi connectivity index (χ1) is 39.2. The van der Waals surface area contributed by atoms with Crippen LogP contribution < -0.4 is 41.4 Å². The highest BCUT2D eigenvalue weighted by molar-refractivity contribution is 5.99. The van der Waals surface area contributed by atoms with Crippen molar-refractivity contribution in [2.24, 2.45) is 0 Å². The molecule has 1 aliphatic rings. The summed E-state index contributed by atoms with van der Waals surface area (Å²) in [6.45, 7) is 23.4. The summed E-state index contributed by atoms with van der Waals surface area (Å²) in [4.78, 5) is 110. The van der Waals surface area contributed by atoms with E-state index in [1.165, 1.54) is 24.4 Å². The third kappa shape index (κ3) is 20.8. The van der Waals surface area contributed by atoms with Crippen molar-refractivity contribution >= 4 is 47.9 Å². The fraction of sp³-hybridized carbons (Fsp3) is 0.492. The van der Waals surface area contributed by atoms with E-state index in [9.17, 15) is 38.7 Å². The number of fused-ring (bicyclic) bond motifs is 5. The van der Waals surface area contributed by atoms with Gasteiger partial charge in [-0.25, -0.2) is 19.2 Å². The van der Waals surface area contributed by atoms with Crippen molar-refractivity contribution < 1.29 is 67.1 Å². The molecule has 0 aliphatic carbocycles. The molecular weight excluding hydrogens is 1080 g/mol. The van der Waals surface area contributed by atoms with Crippen molar-refractivity contribution in [3.63, 3.8) is 0 Å². The highest BCUT2D eigenvalue weighted by Gasteiger charge is 2.36. The summed E-state index contributed by atoms with van der Waals surface area (Å²) >= 11 is 0. The van der Waals surface area contributed by atoms with E-state index in [1.807, 2.05) is 24.3 Å². The Hall–Kier alpha value is -8.36. The van der Waals surface area contributed by atoms with E-state index in [4.69, 9.17) is 23.7 Å². The van der Waals surface area contributed by atoms with Crippen molar-refractivity contribution in [1.82, 2.24) is 36.8 Å². The number of ether oxygens (including phenoxy) is 5. The molecule has 0 fully saturated rings. The first kappa shape index (κ1) is 66.4. The Labute approximate surface area is 493 Å². The smallest absolute Gasteiger partial charge is 0.407 e. The molecule has 84 heavy (non-hydrogen) atoms. The molecule has 21 heteroatoms. The Balaban J connectivity index is 1.59. The predicted octanol–water partition coefficient (Wildman–Crippen LogP) is 8.75. The molecule has 4 bridgehead atoms. The van der Waals surface area contributed by atoms with Crippen molar-refractivity contribution in [2.75, 3.05) is 39.9 Å². The van der Waals surface area contributed by atoms with Crippen LogP contribution in [-0.2, 0) is 45.2 Å². The third-order valence-corrected chi connectivity index (χ3v) is 12.9. The molecule has 7 N–H and O–H groups in total. The largest absolute Gasteiger partial charge is 0.491 e. The van der Waals surface area contributed by atoms with E-state index in [1.54, 1.807) is 111 Å². The molecule has 0 saturated heterocycles. The summed E-state index contributed by atoms with van der Waals surface area (Å²) in [5.74, 6) is -3.83. The zero-order valence-corrected chi connectivity index (χ0v) is 51.0. The maximum atomic E-state index is 15.3. The van der Waals surface area contributed by atoms with Crippen LogP contribution in [0.1, 0.15) is 142 Å². The second kappa shape index (κ2) is 28.8. The lowest BCUT2D eigenvalue weighted by Crippen LogP contribution is -2.54. The Morgan fingerprint density at radius 1 is 0.619 bits per heavy atom. The molecule has 1 unspecified atom stereocenters. The number of rotatable bonds is 19. The van der Waals surface area contributed by atoms with Crippen LogP contribution in [0.5, 0.6) is 11.5 Å². The Bertz CT molecular complexity index is 2970. The summed E-state index contributed by atoms with van der Waals surface area (Å²) in [7, 11) is 1.39. The molecule has 1 heterocycles. The SMILES string of the molecule is C[C@H]1NC(=O)[C@@H](N(C)C(=O)C(CCCCNC(=O)OC(C)(C)C)NC(=O)c2ccc(-c3ccc(C(C)(C)C)cc3)cc2)c2ccc(OCCNC(=O)OC(C)(C)C)c(c2)-c2cc(ccc2OCCNC(=O)OC(C)(C)C)C[C@@H](C(=O)O)NC1=O. The predicted molar refractivity (Wildman–Crippen MR) is 318 cm³/mol. The van der Waals surface area contributed by atoms with Crippen LogP contribution in [0.4, 0.5) is 14.4 Å². The van der Waals surface area contributed by atoms with Gasteiger partial charge in [0.25, 0.3) is 5.91 Å². The second-order valence-corrected chi connectivity index (χ2v) is 24.7. The second-order valence-electron chi connectivity index (χ2n) is 24.7. The molecule has 0 radical (unpaired) electrons. The van der Waals surface area contributed by atoms with Crippen molar-refractivity contribution in [3.8, 4) is 33.8 Å². The Morgan fingerprint density at radius 3 is 1.61 bits per heavy atom. The number of likely N-dealkylation sites (N-methyl/N-ethyl adjacent to an activating group) is 1. The van der Waals surface area contributed by atoms with Crippen LogP contribution >= 0.6 is 0 Å². The van der Waals surface area contributed by atoms with Crippen molar-refractivity contribution in [3.05, 3.63) is 107 Å². The molecule has 4 atom stereocenters. The number of carbonyl (C=O) groups excluding carboxylic acids is 7. The normalized spacial score (nSPS) is 16.0. The zero-order valence-electron chi connectivity index (χ0n) is 51.0. The van der Waals surface area contributed by atoms with Gasteiger partial charge in [0, 0.05) is 36.7 Å². The number of nitrogens with zero attached hydrogens (tertiary/aromatic N) is 1. The number of nitrogens with one attached hydrogen (secondary N) is 6. The molecule has 0 spiro atoms. The lowest BCUT2D eigenvalue weighted by Gasteiger charge is -2.32. The number of benzene rings is 4. The van der Waals surface area contributed by atoms with Gasteiger partial charge in [-0.15, -0.1) is 0 Å². The number of carboxylic acids is 1. The van der Waals surface area contributed by atoms with Crippen LogP contribution in [0, 0.1) is 0 Å². The minimum absolute atomic E-state index is 0.00421. The summed E-state index contributed by atoms with van der Waals surface area (Å²) in [5.41, 5.74) is 2.23. The molecule has 4 aromatic rings. The van der Waals surface area contributed by atoms with Gasteiger partial charge >= 0.3 is 24.2 Å². The minimum Gasteiger partial charge on any atom is -0.491 e. The zero-order chi connectivity index (χ0) is 62.3. The quantitative estimate of drug-likeness (QED) is 0.0342. The molecule has 0 saturated carbocycles. The van der Waals surface area contributed by atoms with Gasteiger partial charge < -0.3 is 65.6 Å². The highest BCUT2D eigenvalue weighted by atomic mass is 16.6. The van der Waals surface area contributed by atoms with Gasteiger partial charge in [-0.1, -0.05) is 69.3 Å². The molecule has 456 valence electrons. The van der Waals surface area contributed by atoms with Gasteiger partial charge in [0.05, 0.1) is 13.1 Å². The van der Waals surface area contributed by atoms with Crippen LogP contribution in [0.3, 0.4) is 0 Å². The fourth-order valence-electron chi connectivity index (χ4n) is 8.82. The first-order valence-corrected chi connectivity index (χ1v) is 28.2. The Morgan fingerprint density at radius 2 is 1.11 bits per heavy atom. The van der Waals surface area contributed by atoms with Gasteiger partial charge in [-0.3, -0.25) is 19.2 Å². The van der Waals surface area contributed by atoms with Gasteiger partial charge in [0.2, 0.25) is 17.7 Å². The van der Waals surface area contributed by atoms with Gasteiger partial charge in [0.15, 0.2) is 0 Å². The lowest BCUT2D eigenvalue weighted by molar-refractivity contribution is -0.143. The average molecular weight is 1160 g/mol. The van der Waals surface area contributed by atoms with E-state index in [2.05, 4.69) is 64.8 Å². The summed E-state index contributed by atoms with van der Waals surface area (Å²) in [6, 6.07) is 19.2. The number of hydrogen-bond acceptors (Lipinski definition) is 13. The highest BCUT2D eigenvalue weighted by Crippen LogP contribution is 2.40. The number of unbranched alkanes of at least 4 members (excludes halogenated alkanes) is 1. The lowest BCUT2D eigenvalue weighted by atomic mass is 9.86. The standard InChI is InChI=1S/C63H85N7O14/c1-38-52(71)69-48(56(75)76)36-39-18-28-49(80-33-31-65-58(78)83-62(8,9)10)45(35-39)46-37-43(25-29-50(46)81-34-32-66-59(79)84-63(11,12)13)51(54(73)67-38)70(14)55(74)47(17-15-16-30-64-57(77)82-61(5,6)7)68-53(72)42-21-19-40(20-22-42)41-23-26-44(27-24-41)60(2,3)4/h18-29,35,37-38,47-48,51H,15-17,30-34,36H2,1-14H3,(H,64,77)(H,65,78)(H,66,79)(H,67,73)(H,68,72)(H,69,71)(H,75,76)/t38-,47?,48+,51+/m1/s1. The van der Waals surface area contributed by atoms with Crippen molar-refractivity contribution in [2.45, 2.75) is 162 Å². The van der Waals surface area contributed by atoms with Crippen LogP contribution in [0.25, 0.3) is 22.3 Å². The molecule has 1 aliphatic heterocycles. The van der Waals surface area contributed by atoms with Gasteiger partial charge in [-0.2, -0.15) is 0 Å². The average Bonchev–Trinajstić information content (AvgIpc) is 3.44. The monoisotopic (exact) mass is 1160 g/mol. The van der Waals surface area contributed by atoms with E-state index < -0.39 is 88.8 Å². The number of aliphatic carboxylic acids is 1. The molecule has 4 aromatic carbocycles. The number of amides is 7. The summed E-state index contributed by atoms with van der Waals surface area (Å²) in [5, 5.41) is 26.6. The maximum Gasteiger partial charge on any atom is 0.407 e. The molecular formula is C63H85N7O14. The fourth-order valence-corrected chi connectivity index (χ4v) is 8.82. The number of alkyl carbamates (subject to hydrolysis) is 3. The van der Waals surface area contributed by atoms with Crippen LogP contribution in [-0.4, -0.2) is 133 Å².